The summed E-state index contributed by atoms with van der Waals surface area (Å²) in [5.41, 5.74) is 6.80. The number of benzene rings is 7. The molecule has 2 aromatic heterocycles. The molecule has 0 radical (unpaired) electrons. The molecule has 7 aromatic carbocycles. The Bertz CT molecular complexity index is 2780. The molecule has 9 aromatic rings. The Labute approximate surface area is 271 Å². The highest BCUT2D eigenvalue weighted by Crippen LogP contribution is 2.55. The van der Waals surface area contributed by atoms with Gasteiger partial charge in [-0.2, -0.15) is 0 Å². The van der Waals surface area contributed by atoms with Crippen LogP contribution in [0.3, 0.4) is 0 Å². The lowest BCUT2D eigenvalue weighted by molar-refractivity contribution is 0.593. The van der Waals surface area contributed by atoms with Crippen LogP contribution in [0.4, 0.5) is 0 Å². The van der Waals surface area contributed by atoms with Crippen molar-refractivity contribution in [1.82, 2.24) is 14.5 Å². The number of hydrogen-bond acceptors (Lipinski definition) is 3. The van der Waals surface area contributed by atoms with E-state index in [1.54, 1.807) is 0 Å². The van der Waals surface area contributed by atoms with Gasteiger partial charge < -0.3 is 4.57 Å². The summed E-state index contributed by atoms with van der Waals surface area (Å²) in [6, 6.07) is 53.8. The van der Waals surface area contributed by atoms with Gasteiger partial charge in [0.05, 0.1) is 22.2 Å². The quantitative estimate of drug-likeness (QED) is 0.185. The molecule has 0 spiro atoms. The van der Waals surface area contributed by atoms with Crippen molar-refractivity contribution in [3.63, 3.8) is 0 Å². The zero-order chi connectivity index (χ0) is 31.1. The van der Waals surface area contributed by atoms with Crippen molar-refractivity contribution in [2.75, 3.05) is 0 Å². The highest BCUT2D eigenvalue weighted by atomic mass is 31.2. The summed E-state index contributed by atoms with van der Waals surface area (Å²) in [6.07, 6.45) is 0. The first-order valence-corrected chi connectivity index (χ1v) is 17.5. The number of fused-ring (bicyclic) bond motifs is 9. The van der Waals surface area contributed by atoms with E-state index >= 15 is 4.57 Å². The molecule has 1 aliphatic rings. The predicted octanol–water partition coefficient (Wildman–Crippen LogP) is 9.17. The lowest BCUT2D eigenvalue weighted by Gasteiger charge is -2.17. The van der Waals surface area contributed by atoms with E-state index in [2.05, 4.69) is 102 Å². The van der Waals surface area contributed by atoms with E-state index in [1.807, 2.05) is 60.7 Å². The van der Waals surface area contributed by atoms with Crippen LogP contribution < -0.4 is 15.9 Å². The van der Waals surface area contributed by atoms with Crippen LogP contribution in [-0.4, -0.2) is 14.5 Å². The Morgan fingerprint density at radius 2 is 1.17 bits per heavy atom. The van der Waals surface area contributed by atoms with Crippen molar-refractivity contribution >= 4 is 66.5 Å². The Hall–Kier alpha value is -5.83. The van der Waals surface area contributed by atoms with Crippen molar-refractivity contribution in [2.45, 2.75) is 0 Å². The third-order valence-electron chi connectivity index (χ3n) is 9.62. The summed E-state index contributed by atoms with van der Waals surface area (Å²) < 4.78 is 17.9. The molecule has 0 saturated carbocycles. The molecule has 220 valence electrons. The van der Waals surface area contributed by atoms with Crippen LogP contribution in [0.25, 0.3) is 71.8 Å². The lowest BCUT2D eigenvalue weighted by atomic mass is 9.99. The number of aromatic nitrogens is 3. The minimum absolute atomic E-state index is 0.586. The molecule has 1 atom stereocenters. The Morgan fingerprint density at radius 1 is 0.489 bits per heavy atom. The van der Waals surface area contributed by atoms with Gasteiger partial charge in [-0.25, -0.2) is 9.97 Å². The Morgan fingerprint density at radius 3 is 2.06 bits per heavy atom. The topological polar surface area (TPSA) is 47.8 Å². The third kappa shape index (κ3) is 3.62. The van der Waals surface area contributed by atoms with Crippen molar-refractivity contribution in [3.8, 4) is 28.3 Å². The molecule has 5 heteroatoms. The SMILES string of the molecule is O=P1(c2ccccc2)c2ccccc2-c2ccc3c(c21)c1ccccc1n3-c1nc(-c2cccc3ccccc23)c2ccccc2n1. The van der Waals surface area contributed by atoms with Crippen molar-refractivity contribution < 1.29 is 4.57 Å². The van der Waals surface area contributed by atoms with Gasteiger partial charge in [-0.3, -0.25) is 4.57 Å². The Balaban J connectivity index is 1.34. The molecular weight excluding hydrogens is 593 g/mol. The van der Waals surface area contributed by atoms with E-state index in [0.29, 0.717) is 5.95 Å². The van der Waals surface area contributed by atoms with E-state index in [0.717, 1.165) is 81.8 Å². The van der Waals surface area contributed by atoms with Gasteiger partial charge >= 0.3 is 0 Å². The maximum absolute atomic E-state index is 15.8. The van der Waals surface area contributed by atoms with Gasteiger partial charge in [0.2, 0.25) is 5.95 Å². The van der Waals surface area contributed by atoms with Gasteiger partial charge in [-0.1, -0.05) is 140 Å². The monoisotopic (exact) mass is 619 g/mol. The molecule has 0 fully saturated rings. The van der Waals surface area contributed by atoms with Gasteiger partial charge in [0.1, 0.15) is 0 Å². The smallest absolute Gasteiger partial charge is 0.235 e. The highest BCUT2D eigenvalue weighted by molar-refractivity contribution is 7.86. The Kier molecular flexibility index (Phi) is 5.52. The van der Waals surface area contributed by atoms with Crippen LogP contribution in [0, 0.1) is 0 Å². The second-order valence-corrected chi connectivity index (χ2v) is 14.8. The highest BCUT2D eigenvalue weighted by Gasteiger charge is 2.42. The van der Waals surface area contributed by atoms with Crippen molar-refractivity contribution in [3.05, 3.63) is 158 Å². The average Bonchev–Trinajstić information content (AvgIpc) is 3.61. The van der Waals surface area contributed by atoms with Crippen LogP contribution >= 0.6 is 7.14 Å². The first kappa shape index (κ1) is 26.4. The van der Waals surface area contributed by atoms with Crippen LogP contribution in [0.5, 0.6) is 0 Å². The molecule has 0 amide bonds. The number of nitrogens with zero attached hydrogens (tertiary/aromatic N) is 3. The zero-order valence-electron chi connectivity index (χ0n) is 25.2. The maximum Gasteiger partial charge on any atom is 0.235 e. The van der Waals surface area contributed by atoms with E-state index < -0.39 is 7.14 Å². The fourth-order valence-corrected chi connectivity index (χ4v) is 10.9. The molecule has 0 aliphatic carbocycles. The summed E-state index contributed by atoms with van der Waals surface area (Å²) in [7, 11) is -3.21. The second-order valence-electron chi connectivity index (χ2n) is 12.1. The number of hydrogen-bond donors (Lipinski definition) is 0. The molecule has 0 bridgehead atoms. The molecule has 10 rings (SSSR count). The van der Waals surface area contributed by atoms with E-state index in [-0.39, 0.29) is 0 Å². The molecular formula is C42H26N3OP. The summed E-state index contributed by atoms with van der Waals surface area (Å²) in [4.78, 5) is 10.6. The number of para-hydroxylation sites is 2. The molecule has 4 nitrogen and oxygen atoms in total. The van der Waals surface area contributed by atoms with E-state index in [1.165, 1.54) is 0 Å². The predicted molar refractivity (Wildman–Crippen MR) is 195 cm³/mol. The van der Waals surface area contributed by atoms with Crippen LogP contribution in [0.2, 0.25) is 0 Å². The normalized spacial score (nSPS) is 15.4. The zero-order valence-corrected chi connectivity index (χ0v) is 26.1. The first-order valence-electron chi connectivity index (χ1n) is 15.8. The molecule has 1 aliphatic heterocycles. The molecule has 3 heterocycles. The summed E-state index contributed by atoms with van der Waals surface area (Å²) in [6.45, 7) is 0. The molecule has 47 heavy (non-hydrogen) atoms. The van der Waals surface area contributed by atoms with Crippen LogP contribution in [0.15, 0.2) is 158 Å². The first-order chi connectivity index (χ1) is 23.2. The molecule has 1 unspecified atom stereocenters. The minimum Gasteiger partial charge on any atom is -0.309 e. The largest absolute Gasteiger partial charge is 0.309 e. The average molecular weight is 620 g/mol. The van der Waals surface area contributed by atoms with Gasteiger partial charge in [0.25, 0.3) is 0 Å². The third-order valence-corrected chi connectivity index (χ3v) is 12.8. The summed E-state index contributed by atoms with van der Waals surface area (Å²) in [5, 5.41) is 7.97. The van der Waals surface area contributed by atoms with Crippen LogP contribution in [0.1, 0.15) is 0 Å². The fourth-order valence-electron chi connectivity index (χ4n) is 7.61. The van der Waals surface area contributed by atoms with Crippen molar-refractivity contribution in [1.29, 1.82) is 0 Å². The summed E-state index contributed by atoms with van der Waals surface area (Å²) in [5.74, 6) is 0.586. The second kappa shape index (κ2) is 9.83. The van der Waals surface area contributed by atoms with Crippen molar-refractivity contribution in [2.24, 2.45) is 0 Å². The fraction of sp³-hybridized carbons (Fsp3) is 0. The van der Waals surface area contributed by atoms with E-state index in [4.69, 9.17) is 9.97 Å². The standard InChI is InChI=1S/C42H26N3OP/c46-47(28-15-2-1-3-16-28)38-24-11-8-18-30(38)32-25-26-37-39(41(32)47)34-20-7-10-23-36(34)45(37)42-43-35-22-9-6-19-33(35)40(44-42)31-21-12-14-27-13-4-5-17-29(27)31/h1-26H. The molecule has 0 saturated heterocycles. The molecule has 0 N–H and O–H groups in total. The minimum atomic E-state index is -3.21. The van der Waals surface area contributed by atoms with E-state index in [9.17, 15) is 0 Å². The lowest BCUT2D eigenvalue weighted by Crippen LogP contribution is -2.21. The van der Waals surface area contributed by atoms with Gasteiger partial charge in [0.15, 0.2) is 7.14 Å². The summed E-state index contributed by atoms with van der Waals surface area (Å²) >= 11 is 0. The van der Waals surface area contributed by atoms with Gasteiger partial charge in [-0.15, -0.1) is 0 Å². The van der Waals surface area contributed by atoms with Gasteiger partial charge in [0, 0.05) is 37.6 Å². The maximum atomic E-state index is 15.8. The number of rotatable bonds is 3. The van der Waals surface area contributed by atoms with Gasteiger partial charge in [-0.05, 0) is 40.1 Å². The van der Waals surface area contributed by atoms with Crippen LogP contribution in [-0.2, 0) is 4.57 Å².